The number of aliphatic hydroxyl groups excluding tert-OH is 3. The molecule has 0 aromatic heterocycles. The van der Waals surface area contributed by atoms with E-state index in [9.17, 15) is 25.2 Å². The number of carboxylic acids is 1. The van der Waals surface area contributed by atoms with Crippen LogP contribution < -0.4 is 0 Å². The molecular formula is C30H48O5. The number of carboxylic acid groups (broad SMARTS) is 1. The van der Waals surface area contributed by atoms with Gasteiger partial charge in [0.2, 0.25) is 0 Å². The minimum atomic E-state index is -1.18. The Morgan fingerprint density at radius 2 is 1.60 bits per heavy atom. The Bertz CT molecular complexity index is 941. The molecule has 4 N–H and O–H groups in total. The number of hydrogen-bond donors (Lipinski definition) is 4. The van der Waals surface area contributed by atoms with Gasteiger partial charge >= 0.3 is 5.97 Å². The molecule has 35 heavy (non-hydrogen) atoms. The van der Waals surface area contributed by atoms with Crippen LogP contribution in [0, 0.1) is 56.7 Å². The molecule has 0 bridgehead atoms. The lowest BCUT2D eigenvalue weighted by atomic mass is 9.32. The van der Waals surface area contributed by atoms with Crippen LogP contribution >= 0.6 is 0 Å². The predicted octanol–water partition coefficient (Wildman–Crippen LogP) is 5.03. The topological polar surface area (TPSA) is 98.0 Å². The molecule has 4 fully saturated rings. The number of aliphatic carboxylic acids is 1. The van der Waals surface area contributed by atoms with Crippen molar-refractivity contribution in [1.29, 1.82) is 0 Å². The van der Waals surface area contributed by atoms with Gasteiger partial charge in [-0.1, -0.05) is 60.1 Å². The molecule has 4 saturated carbocycles. The highest BCUT2D eigenvalue weighted by Gasteiger charge is 2.76. The lowest BCUT2D eigenvalue weighted by molar-refractivity contribution is -0.287. The quantitative estimate of drug-likeness (QED) is 0.388. The van der Waals surface area contributed by atoms with E-state index in [2.05, 4.69) is 33.8 Å². The summed E-state index contributed by atoms with van der Waals surface area (Å²) in [4.78, 5) is 13.6. The van der Waals surface area contributed by atoms with Crippen molar-refractivity contribution >= 4 is 5.97 Å². The van der Waals surface area contributed by atoms with Gasteiger partial charge in [0.05, 0.1) is 23.7 Å². The first kappa shape index (κ1) is 25.7. The first-order valence-electron chi connectivity index (χ1n) is 14.1. The van der Waals surface area contributed by atoms with Crippen molar-refractivity contribution in [3.8, 4) is 0 Å². The third kappa shape index (κ3) is 2.84. The van der Waals surface area contributed by atoms with Crippen molar-refractivity contribution in [2.75, 3.05) is 0 Å². The minimum Gasteiger partial charge on any atom is -0.481 e. The standard InChI is InChI=1S/C30H48O5/c1-16-10-12-27(5)14-15-30(25(34)35)18(21(27)17(16)2)8-9-19-28(6)13-11-20(31)26(3,4)23(28)22(32)24(33)29(19,30)7/h8,16-17,19-24,31-33H,9-15H2,1-7H3,(H,34,35)/t16-,17+,19-,20+,21+,22+,23+,24-,27-,28-,29+,30-/m1/s1. The summed E-state index contributed by atoms with van der Waals surface area (Å²) in [6.07, 6.45) is 5.27. The van der Waals surface area contributed by atoms with Crippen LogP contribution in [-0.2, 0) is 4.79 Å². The Hall–Kier alpha value is -0.910. The van der Waals surface area contributed by atoms with Gasteiger partial charge < -0.3 is 20.4 Å². The molecule has 0 aromatic carbocycles. The third-order valence-corrected chi connectivity index (χ3v) is 13.2. The van der Waals surface area contributed by atoms with Crippen LogP contribution in [0.15, 0.2) is 11.6 Å². The van der Waals surface area contributed by atoms with Gasteiger partial charge in [-0.25, -0.2) is 0 Å². The number of allylic oxidation sites excluding steroid dienone is 1. The maximum absolute atomic E-state index is 13.6. The highest BCUT2D eigenvalue weighted by Crippen LogP contribution is 2.75. The highest BCUT2D eigenvalue weighted by atomic mass is 16.4. The summed E-state index contributed by atoms with van der Waals surface area (Å²) in [5.41, 5.74) is -1.96. The fraction of sp³-hybridized carbons (Fsp3) is 0.900. The number of hydrogen-bond acceptors (Lipinski definition) is 4. The molecule has 5 nitrogen and oxygen atoms in total. The van der Waals surface area contributed by atoms with E-state index in [1.165, 1.54) is 6.42 Å². The lowest BCUT2D eigenvalue weighted by Gasteiger charge is -2.72. The second-order valence-corrected chi connectivity index (χ2v) is 14.7. The van der Waals surface area contributed by atoms with Gasteiger partial charge in [-0.2, -0.15) is 0 Å². The highest BCUT2D eigenvalue weighted by molar-refractivity contribution is 5.81. The van der Waals surface area contributed by atoms with Crippen LogP contribution in [0.1, 0.15) is 93.4 Å². The second kappa shape index (κ2) is 7.57. The van der Waals surface area contributed by atoms with E-state index in [1.807, 2.05) is 20.8 Å². The van der Waals surface area contributed by atoms with E-state index in [-0.39, 0.29) is 28.6 Å². The summed E-state index contributed by atoms with van der Waals surface area (Å²) in [5, 5.41) is 45.8. The number of aliphatic hydroxyl groups is 3. The van der Waals surface area contributed by atoms with E-state index >= 15 is 0 Å². The molecule has 0 unspecified atom stereocenters. The normalized spacial score (nSPS) is 57.1. The maximum atomic E-state index is 13.6. The smallest absolute Gasteiger partial charge is 0.314 e. The van der Waals surface area contributed by atoms with Crippen molar-refractivity contribution < 1.29 is 25.2 Å². The monoisotopic (exact) mass is 488 g/mol. The van der Waals surface area contributed by atoms with Gasteiger partial charge in [-0.05, 0) is 84.9 Å². The van der Waals surface area contributed by atoms with Crippen LogP contribution in [0.2, 0.25) is 0 Å². The molecule has 0 spiro atoms. The Balaban J connectivity index is 1.73. The van der Waals surface area contributed by atoms with E-state index in [4.69, 9.17) is 0 Å². The Labute approximate surface area is 211 Å². The van der Waals surface area contributed by atoms with Crippen molar-refractivity contribution in [3.63, 3.8) is 0 Å². The van der Waals surface area contributed by atoms with Gasteiger partial charge in [0, 0.05) is 11.3 Å². The first-order chi connectivity index (χ1) is 16.1. The zero-order valence-corrected chi connectivity index (χ0v) is 22.8. The molecule has 0 saturated heterocycles. The van der Waals surface area contributed by atoms with Crippen LogP contribution in [0.5, 0.6) is 0 Å². The molecule has 12 atom stereocenters. The Morgan fingerprint density at radius 3 is 2.23 bits per heavy atom. The second-order valence-electron chi connectivity index (χ2n) is 14.7. The van der Waals surface area contributed by atoms with E-state index in [0.29, 0.717) is 24.7 Å². The largest absolute Gasteiger partial charge is 0.481 e. The maximum Gasteiger partial charge on any atom is 0.314 e. The van der Waals surface area contributed by atoms with Gasteiger partial charge in [0.1, 0.15) is 0 Å². The average Bonchev–Trinajstić information content (AvgIpc) is 2.77. The third-order valence-electron chi connectivity index (χ3n) is 13.2. The van der Waals surface area contributed by atoms with Gasteiger partial charge in [0.15, 0.2) is 0 Å². The predicted molar refractivity (Wildman–Crippen MR) is 135 cm³/mol. The van der Waals surface area contributed by atoms with Gasteiger partial charge in [-0.3, -0.25) is 4.79 Å². The molecular weight excluding hydrogens is 440 g/mol. The SMILES string of the molecule is C[C@H]1[C@H](C)CC[C@]2(C)CC[C@]3(C(=O)O)C(=CC[C@@H]4[C@@]5(C)CC[C@H](O)C(C)(C)[C@@H]5[C@H](O)[C@@H](O)[C@]43C)[C@H]12. The van der Waals surface area contributed by atoms with Crippen LogP contribution in [0.25, 0.3) is 0 Å². The van der Waals surface area contributed by atoms with Crippen LogP contribution in [-0.4, -0.2) is 44.7 Å². The molecule has 5 rings (SSSR count). The molecule has 0 radical (unpaired) electrons. The summed E-state index contributed by atoms with van der Waals surface area (Å²) < 4.78 is 0. The Morgan fingerprint density at radius 1 is 0.943 bits per heavy atom. The summed E-state index contributed by atoms with van der Waals surface area (Å²) in [5.74, 6) is -0.0913. The summed E-state index contributed by atoms with van der Waals surface area (Å²) in [6.45, 7) is 15.2. The van der Waals surface area contributed by atoms with Gasteiger partial charge in [-0.15, -0.1) is 0 Å². The minimum absolute atomic E-state index is 0.0781. The first-order valence-corrected chi connectivity index (χ1v) is 14.1. The zero-order chi connectivity index (χ0) is 25.9. The number of carbonyl (C=O) groups is 1. The molecule has 5 aliphatic rings. The number of rotatable bonds is 1. The van der Waals surface area contributed by atoms with Crippen molar-refractivity contribution in [3.05, 3.63) is 11.6 Å². The molecule has 0 aliphatic heterocycles. The fourth-order valence-electron chi connectivity index (χ4n) is 11.1. The van der Waals surface area contributed by atoms with Gasteiger partial charge in [0.25, 0.3) is 0 Å². The van der Waals surface area contributed by atoms with Crippen molar-refractivity contribution in [2.45, 2.75) is 112 Å². The average molecular weight is 489 g/mol. The lowest BCUT2D eigenvalue weighted by Crippen LogP contribution is -2.75. The molecule has 0 aromatic rings. The van der Waals surface area contributed by atoms with Crippen LogP contribution in [0.3, 0.4) is 0 Å². The molecule has 5 aliphatic carbocycles. The Kier molecular flexibility index (Phi) is 5.56. The number of fused-ring (bicyclic) bond motifs is 7. The molecule has 198 valence electrons. The van der Waals surface area contributed by atoms with Crippen LogP contribution in [0.4, 0.5) is 0 Å². The van der Waals surface area contributed by atoms with E-state index in [0.717, 1.165) is 31.3 Å². The fourth-order valence-corrected chi connectivity index (χ4v) is 11.1. The molecule has 0 heterocycles. The molecule has 5 heteroatoms. The van der Waals surface area contributed by atoms with Crippen molar-refractivity contribution in [1.82, 2.24) is 0 Å². The summed E-state index contributed by atoms with van der Waals surface area (Å²) in [6, 6.07) is 0. The molecule has 0 amide bonds. The zero-order valence-electron chi connectivity index (χ0n) is 22.8. The van der Waals surface area contributed by atoms with Crippen molar-refractivity contribution in [2.24, 2.45) is 56.7 Å². The summed E-state index contributed by atoms with van der Waals surface area (Å²) >= 11 is 0. The summed E-state index contributed by atoms with van der Waals surface area (Å²) in [7, 11) is 0. The van der Waals surface area contributed by atoms with E-state index in [1.54, 1.807) is 0 Å². The van der Waals surface area contributed by atoms with E-state index < -0.39 is 40.5 Å².